The van der Waals surface area contributed by atoms with Crippen LogP contribution in [0.1, 0.15) is 39.7 Å². The molecule has 18 heavy (non-hydrogen) atoms. The van der Waals surface area contributed by atoms with Gasteiger partial charge in [0.05, 0.1) is 0 Å². The minimum atomic E-state index is -0.213. The molecule has 1 atom stereocenters. The molecule has 1 aromatic rings. The summed E-state index contributed by atoms with van der Waals surface area (Å²) in [5.74, 6) is -0.213. The highest BCUT2D eigenvalue weighted by molar-refractivity contribution is 6.30. The quantitative estimate of drug-likeness (QED) is 0.835. The molecule has 1 aromatic carbocycles. The van der Waals surface area contributed by atoms with Gasteiger partial charge in [-0.15, -0.1) is 0 Å². The molecule has 0 amide bonds. The molecule has 102 valence electrons. The Morgan fingerprint density at radius 2 is 2.00 bits per heavy atom. The fraction of sp³-hybridized carbons (Fsp3) is 0.600. The average Bonchev–Trinajstić information content (AvgIpc) is 2.25. The molecule has 1 rings (SSSR count). The standard InChI is InChI=1S/C15H23ClFN/c1-5-8-18-14(15(2,3)4)9-11-6-7-12(16)10-13(11)17/h6-7,10,14,18H,5,8-9H2,1-4H3. The summed E-state index contributed by atoms with van der Waals surface area (Å²) in [7, 11) is 0. The first kappa shape index (κ1) is 15.5. The van der Waals surface area contributed by atoms with Crippen LogP contribution in [0.4, 0.5) is 4.39 Å². The van der Waals surface area contributed by atoms with E-state index < -0.39 is 0 Å². The summed E-state index contributed by atoms with van der Waals surface area (Å²) in [6.45, 7) is 9.61. The molecule has 0 saturated carbocycles. The molecule has 1 nitrogen and oxygen atoms in total. The van der Waals surface area contributed by atoms with Crippen LogP contribution in [0.15, 0.2) is 18.2 Å². The average molecular weight is 272 g/mol. The second-order valence-electron chi connectivity index (χ2n) is 5.81. The Kier molecular flexibility index (Phi) is 5.61. The van der Waals surface area contributed by atoms with Gasteiger partial charge in [-0.3, -0.25) is 0 Å². The largest absolute Gasteiger partial charge is 0.313 e. The molecule has 0 aliphatic rings. The maximum atomic E-state index is 13.8. The molecule has 0 heterocycles. The van der Waals surface area contributed by atoms with Crippen molar-refractivity contribution >= 4 is 11.6 Å². The van der Waals surface area contributed by atoms with Gasteiger partial charge >= 0.3 is 0 Å². The molecule has 1 unspecified atom stereocenters. The molecule has 0 aliphatic heterocycles. The molecule has 0 aromatic heterocycles. The van der Waals surface area contributed by atoms with Crippen molar-refractivity contribution in [3.63, 3.8) is 0 Å². The number of rotatable bonds is 5. The van der Waals surface area contributed by atoms with Gasteiger partial charge in [-0.2, -0.15) is 0 Å². The summed E-state index contributed by atoms with van der Waals surface area (Å²) >= 11 is 5.77. The highest BCUT2D eigenvalue weighted by atomic mass is 35.5. The normalized spacial score (nSPS) is 13.7. The summed E-state index contributed by atoms with van der Waals surface area (Å²) in [4.78, 5) is 0. The summed E-state index contributed by atoms with van der Waals surface area (Å²) < 4.78 is 13.8. The van der Waals surface area contributed by atoms with E-state index in [0.717, 1.165) is 18.5 Å². The lowest BCUT2D eigenvalue weighted by Gasteiger charge is -2.32. The van der Waals surface area contributed by atoms with E-state index in [1.54, 1.807) is 12.1 Å². The van der Waals surface area contributed by atoms with Crippen LogP contribution in [-0.2, 0) is 6.42 Å². The lowest BCUT2D eigenvalue weighted by molar-refractivity contribution is 0.265. The van der Waals surface area contributed by atoms with E-state index in [9.17, 15) is 4.39 Å². The van der Waals surface area contributed by atoms with Crippen LogP contribution in [0.2, 0.25) is 5.02 Å². The third-order valence-electron chi connectivity index (χ3n) is 3.13. The highest BCUT2D eigenvalue weighted by Crippen LogP contribution is 2.24. The van der Waals surface area contributed by atoms with Crippen LogP contribution in [-0.4, -0.2) is 12.6 Å². The number of halogens is 2. The van der Waals surface area contributed by atoms with Crippen LogP contribution < -0.4 is 5.32 Å². The van der Waals surface area contributed by atoms with E-state index in [2.05, 4.69) is 33.0 Å². The van der Waals surface area contributed by atoms with Crippen molar-refractivity contribution in [2.75, 3.05) is 6.54 Å². The number of nitrogens with one attached hydrogen (secondary N) is 1. The molecule has 3 heteroatoms. The molecular formula is C15H23ClFN. The van der Waals surface area contributed by atoms with E-state index in [1.807, 2.05) is 0 Å². The number of hydrogen-bond acceptors (Lipinski definition) is 1. The minimum absolute atomic E-state index is 0.0985. The predicted octanol–water partition coefficient (Wildman–Crippen LogP) is 4.44. The number of hydrogen-bond donors (Lipinski definition) is 1. The van der Waals surface area contributed by atoms with Gasteiger partial charge in [0.25, 0.3) is 0 Å². The lowest BCUT2D eigenvalue weighted by Crippen LogP contribution is -2.42. The molecular weight excluding hydrogens is 249 g/mol. The van der Waals surface area contributed by atoms with Gasteiger partial charge in [0.15, 0.2) is 0 Å². The van der Waals surface area contributed by atoms with Crippen LogP contribution in [0, 0.1) is 11.2 Å². The van der Waals surface area contributed by atoms with E-state index in [-0.39, 0.29) is 17.3 Å². The molecule has 0 radical (unpaired) electrons. The van der Waals surface area contributed by atoms with Gasteiger partial charge in [-0.1, -0.05) is 45.4 Å². The van der Waals surface area contributed by atoms with Gasteiger partial charge in [0.2, 0.25) is 0 Å². The first-order valence-electron chi connectivity index (χ1n) is 6.52. The van der Waals surface area contributed by atoms with E-state index in [4.69, 9.17) is 11.6 Å². The summed E-state index contributed by atoms with van der Waals surface area (Å²) in [6, 6.07) is 5.17. The molecule has 0 fully saturated rings. The van der Waals surface area contributed by atoms with Crippen LogP contribution >= 0.6 is 11.6 Å². The van der Waals surface area contributed by atoms with Crippen molar-refractivity contribution in [2.24, 2.45) is 5.41 Å². The molecule has 1 N–H and O–H groups in total. The second kappa shape index (κ2) is 6.53. The second-order valence-corrected chi connectivity index (χ2v) is 6.25. The monoisotopic (exact) mass is 271 g/mol. The fourth-order valence-corrected chi connectivity index (χ4v) is 2.07. The van der Waals surface area contributed by atoms with Crippen LogP contribution in [0.5, 0.6) is 0 Å². The lowest BCUT2D eigenvalue weighted by atomic mass is 9.83. The van der Waals surface area contributed by atoms with Crippen molar-refractivity contribution in [1.82, 2.24) is 5.32 Å². The summed E-state index contributed by atoms with van der Waals surface area (Å²) in [5, 5.41) is 3.95. The third-order valence-corrected chi connectivity index (χ3v) is 3.36. The molecule has 0 aliphatic carbocycles. The molecule has 0 saturated heterocycles. The van der Waals surface area contributed by atoms with Crippen molar-refractivity contribution in [1.29, 1.82) is 0 Å². The maximum absolute atomic E-state index is 13.8. The Bertz CT molecular complexity index is 385. The Balaban J connectivity index is 2.82. The Morgan fingerprint density at radius 3 is 2.50 bits per heavy atom. The molecule has 0 spiro atoms. The van der Waals surface area contributed by atoms with Crippen molar-refractivity contribution < 1.29 is 4.39 Å². The summed E-state index contributed by atoms with van der Waals surface area (Å²) in [6.07, 6.45) is 1.77. The van der Waals surface area contributed by atoms with Crippen molar-refractivity contribution in [3.05, 3.63) is 34.6 Å². The summed E-state index contributed by atoms with van der Waals surface area (Å²) in [5.41, 5.74) is 0.823. The van der Waals surface area contributed by atoms with E-state index in [1.165, 1.54) is 6.07 Å². The van der Waals surface area contributed by atoms with Gasteiger partial charge in [-0.25, -0.2) is 4.39 Å². The SMILES string of the molecule is CCCNC(Cc1ccc(Cl)cc1F)C(C)(C)C. The zero-order valence-electron chi connectivity index (χ0n) is 11.7. The Hall–Kier alpha value is -0.600. The Morgan fingerprint density at radius 1 is 1.33 bits per heavy atom. The number of benzene rings is 1. The first-order valence-corrected chi connectivity index (χ1v) is 6.89. The topological polar surface area (TPSA) is 12.0 Å². The van der Waals surface area contributed by atoms with Crippen LogP contribution in [0.3, 0.4) is 0 Å². The van der Waals surface area contributed by atoms with Crippen LogP contribution in [0.25, 0.3) is 0 Å². The predicted molar refractivity (Wildman–Crippen MR) is 76.7 cm³/mol. The smallest absolute Gasteiger partial charge is 0.127 e. The Labute approximate surface area is 115 Å². The zero-order chi connectivity index (χ0) is 13.8. The van der Waals surface area contributed by atoms with Gasteiger partial charge in [-0.05, 0) is 42.5 Å². The first-order chi connectivity index (χ1) is 8.34. The van der Waals surface area contributed by atoms with Gasteiger partial charge in [0, 0.05) is 11.1 Å². The fourth-order valence-electron chi connectivity index (χ4n) is 1.91. The molecule has 0 bridgehead atoms. The van der Waals surface area contributed by atoms with E-state index in [0.29, 0.717) is 11.4 Å². The van der Waals surface area contributed by atoms with Crippen molar-refractivity contribution in [2.45, 2.75) is 46.6 Å². The van der Waals surface area contributed by atoms with E-state index >= 15 is 0 Å². The minimum Gasteiger partial charge on any atom is -0.313 e. The maximum Gasteiger partial charge on any atom is 0.127 e. The van der Waals surface area contributed by atoms with Crippen molar-refractivity contribution in [3.8, 4) is 0 Å². The highest BCUT2D eigenvalue weighted by Gasteiger charge is 2.25. The van der Waals surface area contributed by atoms with Gasteiger partial charge < -0.3 is 5.32 Å². The zero-order valence-corrected chi connectivity index (χ0v) is 12.4. The third kappa shape index (κ3) is 4.58. The van der Waals surface area contributed by atoms with Gasteiger partial charge in [0.1, 0.15) is 5.82 Å².